The molecule has 0 spiro atoms. The third kappa shape index (κ3) is 4.97. The van der Waals surface area contributed by atoms with Gasteiger partial charge in [0.25, 0.3) is 5.91 Å². The molecule has 7 heteroatoms. The number of sulfonamides is 1. The fraction of sp³-hybridized carbons (Fsp3) is 0.409. The van der Waals surface area contributed by atoms with Crippen molar-refractivity contribution in [1.29, 1.82) is 0 Å². The van der Waals surface area contributed by atoms with E-state index >= 15 is 0 Å². The van der Waals surface area contributed by atoms with E-state index in [1.807, 2.05) is 24.3 Å². The molecular weight excluding hydrogens is 388 g/mol. The zero-order valence-electron chi connectivity index (χ0n) is 17.0. The van der Waals surface area contributed by atoms with E-state index in [1.165, 1.54) is 4.31 Å². The standard InChI is InChI=1S/C22H28N2O4S/c1-3-18(2)20-11-7-8-12-21(20)28-17-22(25)23-13-15-24(16-14-23)29(26,27)19-9-5-4-6-10-19/h4-12,18H,3,13-17H2,1-2H3. The van der Waals surface area contributed by atoms with Crippen LogP contribution in [-0.4, -0.2) is 56.3 Å². The van der Waals surface area contributed by atoms with Gasteiger partial charge < -0.3 is 9.64 Å². The molecule has 0 aliphatic carbocycles. The molecule has 1 aliphatic rings. The molecule has 29 heavy (non-hydrogen) atoms. The van der Waals surface area contributed by atoms with Crippen LogP contribution in [0.3, 0.4) is 0 Å². The van der Waals surface area contributed by atoms with E-state index < -0.39 is 10.0 Å². The SMILES string of the molecule is CCC(C)c1ccccc1OCC(=O)N1CCN(S(=O)(=O)c2ccccc2)CC1. The predicted octanol–water partition coefficient (Wildman–Crippen LogP) is 3.11. The Morgan fingerprint density at radius 1 is 1.00 bits per heavy atom. The summed E-state index contributed by atoms with van der Waals surface area (Å²) >= 11 is 0. The maximum atomic E-state index is 12.7. The van der Waals surface area contributed by atoms with Crippen molar-refractivity contribution in [1.82, 2.24) is 9.21 Å². The highest BCUT2D eigenvalue weighted by Gasteiger charge is 2.30. The maximum absolute atomic E-state index is 12.7. The molecule has 2 aromatic rings. The Morgan fingerprint density at radius 3 is 2.28 bits per heavy atom. The van der Waals surface area contributed by atoms with E-state index in [2.05, 4.69) is 13.8 Å². The zero-order valence-corrected chi connectivity index (χ0v) is 17.8. The van der Waals surface area contributed by atoms with Crippen LogP contribution in [0.4, 0.5) is 0 Å². The van der Waals surface area contributed by atoms with Crippen molar-refractivity contribution in [2.24, 2.45) is 0 Å². The van der Waals surface area contributed by atoms with Gasteiger partial charge in [-0.05, 0) is 36.1 Å². The molecule has 3 rings (SSSR count). The van der Waals surface area contributed by atoms with Crippen LogP contribution in [0.2, 0.25) is 0 Å². The van der Waals surface area contributed by atoms with Crippen LogP contribution in [0.1, 0.15) is 31.7 Å². The number of piperazine rings is 1. The molecule has 1 amide bonds. The fourth-order valence-electron chi connectivity index (χ4n) is 3.39. The lowest BCUT2D eigenvalue weighted by molar-refractivity contribution is -0.134. The highest BCUT2D eigenvalue weighted by molar-refractivity contribution is 7.89. The number of para-hydroxylation sites is 1. The molecule has 6 nitrogen and oxygen atoms in total. The molecule has 156 valence electrons. The molecule has 0 saturated carbocycles. The van der Waals surface area contributed by atoms with Gasteiger partial charge in [-0.3, -0.25) is 4.79 Å². The number of ether oxygens (including phenoxy) is 1. The van der Waals surface area contributed by atoms with Crippen molar-refractivity contribution in [3.05, 3.63) is 60.2 Å². The number of carbonyl (C=O) groups excluding carboxylic acids is 1. The van der Waals surface area contributed by atoms with Gasteiger partial charge in [0.05, 0.1) is 4.90 Å². The van der Waals surface area contributed by atoms with Gasteiger partial charge in [-0.15, -0.1) is 0 Å². The molecule has 1 saturated heterocycles. The Hall–Kier alpha value is -2.38. The summed E-state index contributed by atoms with van der Waals surface area (Å²) in [7, 11) is -3.52. The van der Waals surface area contributed by atoms with Gasteiger partial charge in [0.1, 0.15) is 5.75 Å². The quantitative estimate of drug-likeness (QED) is 0.696. The minimum atomic E-state index is -3.52. The first-order valence-corrected chi connectivity index (χ1v) is 11.4. The maximum Gasteiger partial charge on any atom is 0.260 e. The highest BCUT2D eigenvalue weighted by Crippen LogP contribution is 2.28. The molecule has 0 radical (unpaired) electrons. The van der Waals surface area contributed by atoms with E-state index in [-0.39, 0.29) is 30.5 Å². The van der Waals surface area contributed by atoms with Crippen LogP contribution < -0.4 is 4.74 Å². The summed E-state index contributed by atoms with van der Waals surface area (Å²) in [6.07, 6.45) is 0.992. The summed E-state index contributed by atoms with van der Waals surface area (Å²) in [5.41, 5.74) is 1.10. The molecule has 1 heterocycles. The van der Waals surface area contributed by atoms with Crippen LogP contribution in [0.15, 0.2) is 59.5 Å². The van der Waals surface area contributed by atoms with Gasteiger partial charge >= 0.3 is 0 Å². The summed E-state index contributed by atoms with van der Waals surface area (Å²) in [6, 6.07) is 16.2. The first kappa shape index (κ1) is 21.3. The molecule has 1 fully saturated rings. The third-order valence-corrected chi connectivity index (χ3v) is 7.30. The number of amides is 1. The van der Waals surface area contributed by atoms with E-state index in [4.69, 9.17) is 4.74 Å². The predicted molar refractivity (Wildman–Crippen MR) is 112 cm³/mol. The molecule has 0 aromatic heterocycles. The Morgan fingerprint density at radius 2 is 1.62 bits per heavy atom. The van der Waals surface area contributed by atoms with Gasteiger partial charge in [0, 0.05) is 26.2 Å². The van der Waals surface area contributed by atoms with Crippen molar-refractivity contribution < 1.29 is 17.9 Å². The Balaban J connectivity index is 1.56. The molecule has 2 aromatic carbocycles. The van der Waals surface area contributed by atoms with Gasteiger partial charge in [-0.2, -0.15) is 4.31 Å². The summed E-state index contributed by atoms with van der Waals surface area (Å²) in [5.74, 6) is 0.967. The van der Waals surface area contributed by atoms with Crippen molar-refractivity contribution >= 4 is 15.9 Å². The highest BCUT2D eigenvalue weighted by atomic mass is 32.2. The topological polar surface area (TPSA) is 66.9 Å². The first-order valence-electron chi connectivity index (χ1n) is 9.98. The monoisotopic (exact) mass is 416 g/mol. The van der Waals surface area contributed by atoms with Crippen molar-refractivity contribution in [2.45, 2.75) is 31.1 Å². The van der Waals surface area contributed by atoms with Crippen LogP contribution in [-0.2, 0) is 14.8 Å². The molecular formula is C22H28N2O4S. The summed E-state index contributed by atoms with van der Waals surface area (Å²) in [4.78, 5) is 14.5. The number of benzene rings is 2. The van der Waals surface area contributed by atoms with Crippen molar-refractivity contribution in [2.75, 3.05) is 32.8 Å². The summed E-state index contributed by atoms with van der Waals surface area (Å²) < 4.78 is 32.7. The van der Waals surface area contributed by atoms with Gasteiger partial charge in [-0.1, -0.05) is 50.2 Å². The number of hydrogen-bond acceptors (Lipinski definition) is 4. The van der Waals surface area contributed by atoms with E-state index in [9.17, 15) is 13.2 Å². The van der Waals surface area contributed by atoms with Crippen LogP contribution in [0, 0.1) is 0 Å². The van der Waals surface area contributed by atoms with Gasteiger partial charge in [0.2, 0.25) is 10.0 Å². The molecule has 1 unspecified atom stereocenters. The third-order valence-electron chi connectivity index (χ3n) is 5.39. The lowest BCUT2D eigenvalue weighted by Crippen LogP contribution is -2.51. The van der Waals surface area contributed by atoms with Gasteiger partial charge in [-0.25, -0.2) is 8.42 Å². The average molecular weight is 417 g/mol. The lowest BCUT2D eigenvalue weighted by atomic mass is 9.98. The largest absolute Gasteiger partial charge is 0.483 e. The van der Waals surface area contributed by atoms with Crippen molar-refractivity contribution in [3.63, 3.8) is 0 Å². The van der Waals surface area contributed by atoms with Crippen LogP contribution in [0.5, 0.6) is 5.75 Å². The minimum Gasteiger partial charge on any atom is -0.483 e. The van der Waals surface area contributed by atoms with E-state index in [0.717, 1.165) is 17.7 Å². The normalized spacial score (nSPS) is 16.4. The number of carbonyl (C=O) groups is 1. The minimum absolute atomic E-state index is 0.0428. The second kappa shape index (κ2) is 9.41. The fourth-order valence-corrected chi connectivity index (χ4v) is 4.83. The average Bonchev–Trinajstić information content (AvgIpc) is 2.77. The molecule has 1 atom stereocenters. The van der Waals surface area contributed by atoms with Crippen LogP contribution >= 0.6 is 0 Å². The Kier molecular flexibility index (Phi) is 6.92. The van der Waals surface area contributed by atoms with E-state index in [1.54, 1.807) is 35.2 Å². The second-order valence-electron chi connectivity index (χ2n) is 7.23. The Labute approximate surface area is 173 Å². The molecule has 0 N–H and O–H groups in total. The zero-order chi connectivity index (χ0) is 20.9. The van der Waals surface area contributed by atoms with Crippen LogP contribution in [0.25, 0.3) is 0 Å². The summed E-state index contributed by atoms with van der Waals surface area (Å²) in [5, 5.41) is 0. The molecule has 1 aliphatic heterocycles. The lowest BCUT2D eigenvalue weighted by Gasteiger charge is -2.34. The number of hydrogen-bond donors (Lipinski definition) is 0. The first-order chi connectivity index (χ1) is 13.9. The van der Waals surface area contributed by atoms with Crippen molar-refractivity contribution in [3.8, 4) is 5.75 Å². The smallest absolute Gasteiger partial charge is 0.260 e. The van der Waals surface area contributed by atoms with E-state index in [0.29, 0.717) is 19.0 Å². The molecule has 0 bridgehead atoms. The Bertz CT molecular complexity index is 923. The second-order valence-corrected chi connectivity index (χ2v) is 9.17. The summed E-state index contributed by atoms with van der Waals surface area (Å²) in [6.45, 7) is 5.51. The van der Waals surface area contributed by atoms with Gasteiger partial charge in [0.15, 0.2) is 6.61 Å². The number of rotatable bonds is 7. The number of nitrogens with zero attached hydrogens (tertiary/aromatic N) is 2.